The fourth-order valence-electron chi connectivity index (χ4n) is 15.4. The minimum atomic E-state index is -2.45. The maximum atomic E-state index is 14.3. The number of pyridine rings is 2. The average Bonchev–Trinajstić information content (AvgIpc) is 0.724. The van der Waals surface area contributed by atoms with Gasteiger partial charge in [0.15, 0.2) is 28.9 Å². The van der Waals surface area contributed by atoms with Crippen LogP contribution in [0.5, 0.6) is 0 Å². The zero-order valence-electron chi connectivity index (χ0n) is 82.2. The van der Waals surface area contributed by atoms with E-state index in [0.717, 1.165) is 134 Å². The van der Waals surface area contributed by atoms with E-state index in [1.54, 1.807) is 24.3 Å². The Kier molecular flexibility index (Phi) is 20.9. The number of para-hydroxylation sites is 2. The van der Waals surface area contributed by atoms with E-state index in [9.17, 15) is 8.78 Å². The van der Waals surface area contributed by atoms with Crippen molar-refractivity contribution in [3.05, 3.63) is 307 Å². The molecule has 0 bridgehead atoms. The molecule has 0 spiro atoms. The van der Waals surface area contributed by atoms with E-state index in [1.807, 2.05) is 246 Å². The molecule has 0 aliphatic carbocycles. The predicted molar refractivity (Wildman–Crippen MR) is 468 cm³/mol. The first kappa shape index (κ1) is 67.6. The van der Waals surface area contributed by atoms with Gasteiger partial charge in [-0.05, 0) is 322 Å². The molecule has 5 aromatic heterocycles. The molecule has 5 heterocycles. The molecule has 1 atom stereocenters. The van der Waals surface area contributed by atoms with Gasteiger partial charge in [0.05, 0.1) is 59.2 Å². The summed E-state index contributed by atoms with van der Waals surface area (Å²) in [4.78, 5) is 13.6. The van der Waals surface area contributed by atoms with Crippen LogP contribution in [0.1, 0.15) is 164 Å². The molecular formula is C103H117F2N8+5. The van der Waals surface area contributed by atoms with Gasteiger partial charge in [0.2, 0.25) is 11.4 Å². The molecule has 0 saturated carbocycles. The van der Waals surface area contributed by atoms with E-state index in [1.165, 1.54) is 45.8 Å². The molecule has 0 saturated heterocycles. The smallest absolute Gasteiger partial charge is 0.232 e. The summed E-state index contributed by atoms with van der Waals surface area (Å²) < 4.78 is 134. The van der Waals surface area contributed by atoms with Crippen molar-refractivity contribution < 1.29 is 48.1 Å². The van der Waals surface area contributed by atoms with Crippen LogP contribution in [0, 0.1) is 127 Å². The molecule has 0 radical (unpaired) electrons. The molecule has 578 valence electrons. The lowest BCUT2D eigenvalue weighted by atomic mass is 9.93. The van der Waals surface area contributed by atoms with Crippen LogP contribution in [0.3, 0.4) is 0 Å². The summed E-state index contributed by atoms with van der Waals surface area (Å²) in [6, 6.07) is 53.6. The van der Waals surface area contributed by atoms with Crippen LogP contribution in [0.4, 0.5) is 8.78 Å². The Morgan fingerprint density at radius 2 is 0.735 bits per heavy atom. The van der Waals surface area contributed by atoms with E-state index in [4.69, 9.17) is 16.4 Å². The number of hydrogen-bond acceptors (Lipinski definition) is 3. The second-order valence-corrected chi connectivity index (χ2v) is 31.5. The molecule has 10 heteroatoms. The fourth-order valence-corrected chi connectivity index (χ4v) is 15.4. The standard InChI is InChI=1S/C23H28N.C22H26FN2.C22H26N.C18H18FN2.C18H19N2/c1-15(2)11-19-7-8-21-20(14-19)9-10-24(6)23(21)22-13-16(3)12-17(4)18(22)5;1-13(2)9-17-7-8-18-20(11-17)24-12-25(6)22(18)19-10-14(3)21(23)16(5)15(19)4;1-14(2)18-7-8-20-19(13-18)9-10-23(6)22(20)21-12-15(3)11-16(4)17(21)5;1-11-9-15(12(2)13(3)17(11)19)18-14-7-5-6-8-16(14)20-10-21(18)4;1-12-9-13(2)14(3)16(10-12)18-15-7-5-6-8-17(15)19-11-20(18)4/h7-10,12-15H,11H2,1-6H3;7-8,10-13H,9H2,1-6H3;7-14H,1-6H3;5-10H,1-4H3;5-11H,1-4H3/q5*+1/i4D3,11D2;;1D3,4D3,14D;;. The third-order valence-electron chi connectivity index (χ3n) is 21.8. The summed E-state index contributed by atoms with van der Waals surface area (Å²) in [5.41, 5.74) is 28.3. The summed E-state index contributed by atoms with van der Waals surface area (Å²) in [6.07, 6.45) is 9.00. The fraction of sp³-hybridized carbons (Fsp3) is 0.301. The summed E-state index contributed by atoms with van der Waals surface area (Å²) in [7, 11) is 9.88. The number of nitrogens with zero attached hydrogens (tertiary/aromatic N) is 8. The van der Waals surface area contributed by atoms with Crippen molar-refractivity contribution in [1.29, 1.82) is 0 Å². The van der Waals surface area contributed by atoms with Gasteiger partial charge in [-0.3, -0.25) is 0 Å². The minimum absolute atomic E-state index is 0.110. The maximum Gasteiger partial charge on any atom is 0.287 e. The van der Waals surface area contributed by atoms with E-state index >= 15 is 0 Å². The lowest BCUT2D eigenvalue weighted by Crippen LogP contribution is -2.32. The Morgan fingerprint density at radius 3 is 1.18 bits per heavy atom. The van der Waals surface area contributed by atoms with Crippen LogP contribution in [-0.4, -0.2) is 15.0 Å². The maximum absolute atomic E-state index is 14.3. The summed E-state index contributed by atoms with van der Waals surface area (Å²) in [6.45, 7) is 28.1. The van der Waals surface area contributed by atoms with Crippen LogP contribution in [0.15, 0.2) is 195 Å². The van der Waals surface area contributed by atoms with E-state index < -0.39 is 32.8 Å². The number of halogens is 2. The van der Waals surface area contributed by atoms with Crippen LogP contribution in [-0.2, 0) is 48.0 Å². The van der Waals surface area contributed by atoms with E-state index in [0.29, 0.717) is 50.4 Å². The number of fused-ring (bicyclic) bond motifs is 5. The van der Waals surface area contributed by atoms with Crippen molar-refractivity contribution in [2.45, 2.75) is 164 Å². The molecule has 0 fully saturated rings. The van der Waals surface area contributed by atoms with Crippen LogP contribution in [0.2, 0.25) is 0 Å². The normalized spacial score (nSPS) is 13.9. The Labute approximate surface area is 688 Å². The molecule has 113 heavy (non-hydrogen) atoms. The Hall–Kier alpha value is -11.1. The van der Waals surface area contributed by atoms with Gasteiger partial charge in [0.25, 0.3) is 19.0 Å². The number of benzene rings is 10. The number of aryl methyl sites for hydroxylation is 13. The zero-order chi connectivity index (χ0) is 92.1. The van der Waals surface area contributed by atoms with Crippen molar-refractivity contribution in [3.8, 4) is 56.3 Å². The highest BCUT2D eigenvalue weighted by Crippen LogP contribution is 2.38. The third kappa shape index (κ3) is 17.9. The summed E-state index contributed by atoms with van der Waals surface area (Å²) >= 11 is 0. The van der Waals surface area contributed by atoms with Gasteiger partial charge in [-0.25, -0.2) is 31.6 Å². The molecule has 0 aliphatic heterocycles. The van der Waals surface area contributed by atoms with Gasteiger partial charge in [-0.15, -0.1) is 0 Å². The van der Waals surface area contributed by atoms with E-state index in [2.05, 4.69) is 116 Å². The average molecular weight is 1520 g/mol. The van der Waals surface area contributed by atoms with Crippen LogP contribution >= 0.6 is 0 Å². The number of aromatic nitrogens is 8. The molecule has 10 aromatic carbocycles. The zero-order valence-corrected chi connectivity index (χ0v) is 70.2. The van der Waals surface area contributed by atoms with Gasteiger partial charge >= 0.3 is 0 Å². The second kappa shape index (κ2) is 34.9. The largest absolute Gasteiger partial charge is 0.287 e. The highest BCUT2D eigenvalue weighted by Gasteiger charge is 2.26. The van der Waals surface area contributed by atoms with Gasteiger partial charge < -0.3 is 0 Å². The highest BCUT2D eigenvalue weighted by molar-refractivity contribution is 5.97. The molecular weight excluding hydrogens is 1390 g/mol. The molecule has 0 amide bonds. The third-order valence-corrected chi connectivity index (χ3v) is 21.8. The van der Waals surface area contributed by atoms with Gasteiger partial charge in [0, 0.05) is 45.3 Å². The molecule has 0 N–H and O–H groups in total. The predicted octanol–water partition coefficient (Wildman–Crippen LogP) is 23.3. The minimum Gasteiger partial charge on any atom is -0.232 e. The number of hydrogen-bond donors (Lipinski definition) is 0. The first-order chi connectivity index (χ1) is 58.3. The quantitative estimate of drug-likeness (QED) is 0.128. The van der Waals surface area contributed by atoms with Crippen molar-refractivity contribution in [1.82, 2.24) is 15.0 Å². The van der Waals surface area contributed by atoms with Gasteiger partial charge in [-0.2, -0.15) is 0 Å². The summed E-state index contributed by atoms with van der Waals surface area (Å²) in [5, 5.41) is 6.97. The molecule has 0 aliphatic rings. The summed E-state index contributed by atoms with van der Waals surface area (Å²) in [5.74, 6) is -1.48. The number of rotatable bonds is 10. The molecule has 1 unspecified atom stereocenters. The van der Waals surface area contributed by atoms with Crippen LogP contribution in [0.25, 0.3) is 111 Å². The highest BCUT2D eigenvalue weighted by atomic mass is 19.1. The Balaban J connectivity index is 0.000000153. The molecule has 8 nitrogen and oxygen atoms in total. The van der Waals surface area contributed by atoms with Crippen LogP contribution < -0.4 is 22.8 Å². The SMILES string of the molecule is Cc1cc(-c2c3ccc(CC(C)C)cc3nc[n+]2C)c(C)c(C)c1F.Cc1cc(-c2c3ccccc3nc[n+]2C)c(C)c(C)c1F.Cc1cc(C)c(C)c(-c2c3ccccc3nc[n+]2C)c1.[2H]C([2H])([2H])c1cc(C)cc(-c2c3ccc(C([2H])(C)C([2H])([2H])[2H])cc3cc[n+]2C)c1C.[2H]C([2H])([2H])c1cc(C)cc(-c2c3ccc(C([2H])([2H])C(C)C)cc3cc[n+]2C)c1C. The first-order valence-corrected chi connectivity index (χ1v) is 38.8. The Bertz CT molecular complexity index is 6690. The molecule has 15 aromatic rings. The van der Waals surface area contributed by atoms with Crippen molar-refractivity contribution in [2.75, 3.05) is 0 Å². The lowest BCUT2D eigenvalue weighted by Gasteiger charge is -2.14. The van der Waals surface area contributed by atoms with Crippen molar-refractivity contribution in [2.24, 2.45) is 47.1 Å². The van der Waals surface area contributed by atoms with Gasteiger partial charge in [0.1, 0.15) is 42.8 Å². The lowest BCUT2D eigenvalue weighted by molar-refractivity contribution is -0.662. The van der Waals surface area contributed by atoms with Gasteiger partial charge in [-0.1, -0.05) is 131 Å². The first-order valence-electron chi connectivity index (χ1n) is 44.8. The van der Waals surface area contributed by atoms with Crippen molar-refractivity contribution in [3.63, 3.8) is 0 Å². The Morgan fingerprint density at radius 1 is 0.354 bits per heavy atom. The second-order valence-electron chi connectivity index (χ2n) is 31.5. The monoisotopic (exact) mass is 1520 g/mol. The molecule has 15 rings (SSSR count). The van der Waals surface area contributed by atoms with E-state index in [-0.39, 0.29) is 17.6 Å². The topological polar surface area (TPSA) is 58.1 Å². The van der Waals surface area contributed by atoms with Crippen molar-refractivity contribution >= 4 is 54.3 Å².